The second kappa shape index (κ2) is 5.05. The Morgan fingerprint density at radius 3 is 2.77 bits per heavy atom. The molecule has 0 radical (unpaired) electrons. The quantitative estimate of drug-likeness (QED) is 0.779. The van der Waals surface area contributed by atoms with Crippen LogP contribution in [-0.4, -0.2) is 13.6 Å². The first-order chi connectivity index (χ1) is 6.25. The van der Waals surface area contributed by atoms with E-state index in [4.69, 9.17) is 11.6 Å². The third-order valence-corrected chi connectivity index (χ3v) is 2.26. The fourth-order valence-electron chi connectivity index (χ4n) is 1.16. The predicted molar refractivity (Wildman–Crippen MR) is 59.0 cm³/mol. The van der Waals surface area contributed by atoms with Gasteiger partial charge in [0.1, 0.15) is 0 Å². The second-order valence-electron chi connectivity index (χ2n) is 2.94. The van der Waals surface area contributed by atoms with Crippen molar-refractivity contribution >= 4 is 17.2 Å². The van der Waals surface area contributed by atoms with E-state index in [1.807, 2.05) is 31.3 Å². The SMILES string of the molecule is C=C(CCNC)c1ccccc1Cl. The maximum Gasteiger partial charge on any atom is 0.0480 e. The fraction of sp³-hybridized carbons (Fsp3) is 0.273. The third kappa shape index (κ3) is 2.87. The van der Waals surface area contributed by atoms with Crippen LogP contribution in [0.25, 0.3) is 5.57 Å². The summed E-state index contributed by atoms with van der Waals surface area (Å²) >= 11 is 6.02. The normalized spacial score (nSPS) is 10.0. The maximum absolute atomic E-state index is 6.02. The Morgan fingerprint density at radius 2 is 2.15 bits per heavy atom. The highest BCUT2D eigenvalue weighted by molar-refractivity contribution is 6.32. The van der Waals surface area contributed by atoms with Crippen molar-refractivity contribution < 1.29 is 0 Å². The van der Waals surface area contributed by atoms with E-state index in [1.165, 1.54) is 0 Å². The van der Waals surface area contributed by atoms with Crippen LogP contribution in [0.5, 0.6) is 0 Å². The maximum atomic E-state index is 6.02. The molecule has 0 spiro atoms. The van der Waals surface area contributed by atoms with Crippen molar-refractivity contribution in [2.24, 2.45) is 0 Å². The Hall–Kier alpha value is -0.790. The number of rotatable bonds is 4. The van der Waals surface area contributed by atoms with Crippen molar-refractivity contribution in [3.63, 3.8) is 0 Å². The summed E-state index contributed by atoms with van der Waals surface area (Å²) in [5, 5.41) is 3.87. The van der Waals surface area contributed by atoms with Gasteiger partial charge in [-0.3, -0.25) is 0 Å². The molecule has 0 saturated carbocycles. The van der Waals surface area contributed by atoms with Crippen LogP contribution in [-0.2, 0) is 0 Å². The molecule has 0 saturated heterocycles. The summed E-state index contributed by atoms with van der Waals surface area (Å²) in [7, 11) is 1.93. The van der Waals surface area contributed by atoms with Crippen molar-refractivity contribution in [3.8, 4) is 0 Å². The van der Waals surface area contributed by atoms with E-state index in [2.05, 4.69) is 11.9 Å². The predicted octanol–water partition coefficient (Wildman–Crippen LogP) is 2.96. The molecule has 0 aromatic heterocycles. The molecule has 0 atom stereocenters. The molecule has 2 heteroatoms. The second-order valence-corrected chi connectivity index (χ2v) is 3.34. The average Bonchev–Trinajstić information content (AvgIpc) is 2.15. The first kappa shape index (κ1) is 10.3. The number of hydrogen-bond acceptors (Lipinski definition) is 1. The molecule has 1 aromatic rings. The topological polar surface area (TPSA) is 12.0 Å². The molecule has 0 unspecified atom stereocenters. The van der Waals surface area contributed by atoms with Gasteiger partial charge in [-0.1, -0.05) is 36.4 Å². The molecule has 70 valence electrons. The molecule has 1 N–H and O–H groups in total. The average molecular weight is 196 g/mol. The van der Waals surface area contributed by atoms with Crippen molar-refractivity contribution in [2.75, 3.05) is 13.6 Å². The Labute approximate surface area is 84.4 Å². The summed E-state index contributed by atoms with van der Waals surface area (Å²) in [6, 6.07) is 7.80. The van der Waals surface area contributed by atoms with Crippen molar-refractivity contribution in [1.82, 2.24) is 5.32 Å². The van der Waals surface area contributed by atoms with Gasteiger partial charge in [-0.05, 0) is 37.2 Å². The lowest BCUT2D eigenvalue weighted by atomic mass is 10.0. The van der Waals surface area contributed by atoms with E-state index in [0.29, 0.717) is 0 Å². The van der Waals surface area contributed by atoms with Crippen LogP contribution in [0.4, 0.5) is 0 Å². The minimum Gasteiger partial charge on any atom is -0.319 e. The highest BCUT2D eigenvalue weighted by Gasteiger charge is 2.01. The molecular formula is C11H14ClN. The molecule has 0 bridgehead atoms. The Morgan fingerprint density at radius 1 is 1.46 bits per heavy atom. The van der Waals surface area contributed by atoms with E-state index in [0.717, 1.165) is 29.1 Å². The van der Waals surface area contributed by atoms with E-state index >= 15 is 0 Å². The molecule has 1 nitrogen and oxygen atoms in total. The molecule has 1 aromatic carbocycles. The lowest BCUT2D eigenvalue weighted by Crippen LogP contribution is -2.07. The van der Waals surface area contributed by atoms with Crippen molar-refractivity contribution in [1.29, 1.82) is 0 Å². The third-order valence-electron chi connectivity index (χ3n) is 1.93. The van der Waals surface area contributed by atoms with Crippen LogP contribution < -0.4 is 5.32 Å². The van der Waals surface area contributed by atoms with Crippen LogP contribution in [0.1, 0.15) is 12.0 Å². The van der Waals surface area contributed by atoms with Crippen LogP contribution in [0.3, 0.4) is 0 Å². The monoisotopic (exact) mass is 195 g/mol. The zero-order chi connectivity index (χ0) is 9.68. The number of nitrogens with one attached hydrogen (secondary N) is 1. The zero-order valence-electron chi connectivity index (χ0n) is 7.81. The van der Waals surface area contributed by atoms with Gasteiger partial charge in [-0.2, -0.15) is 0 Å². The Balaban J connectivity index is 2.71. The van der Waals surface area contributed by atoms with Gasteiger partial charge in [-0.15, -0.1) is 0 Å². The van der Waals surface area contributed by atoms with Crippen LogP contribution in [0, 0.1) is 0 Å². The molecule has 0 amide bonds. The molecule has 0 aliphatic carbocycles. The van der Waals surface area contributed by atoms with Gasteiger partial charge in [0.15, 0.2) is 0 Å². The number of hydrogen-bond donors (Lipinski definition) is 1. The Bertz CT molecular complexity index is 294. The van der Waals surface area contributed by atoms with Gasteiger partial charge in [-0.25, -0.2) is 0 Å². The lowest BCUT2D eigenvalue weighted by Gasteiger charge is -2.06. The van der Waals surface area contributed by atoms with Crippen LogP contribution in [0.15, 0.2) is 30.8 Å². The minimum atomic E-state index is 0.781. The van der Waals surface area contributed by atoms with Gasteiger partial charge >= 0.3 is 0 Å². The van der Waals surface area contributed by atoms with E-state index in [1.54, 1.807) is 0 Å². The van der Waals surface area contributed by atoms with Gasteiger partial charge in [0, 0.05) is 5.02 Å². The zero-order valence-corrected chi connectivity index (χ0v) is 8.56. The molecule has 13 heavy (non-hydrogen) atoms. The highest BCUT2D eigenvalue weighted by atomic mass is 35.5. The van der Waals surface area contributed by atoms with Crippen molar-refractivity contribution in [2.45, 2.75) is 6.42 Å². The van der Waals surface area contributed by atoms with Gasteiger partial charge < -0.3 is 5.32 Å². The summed E-state index contributed by atoms with van der Waals surface area (Å²) in [5.74, 6) is 0. The summed E-state index contributed by atoms with van der Waals surface area (Å²) in [5.41, 5.74) is 2.14. The number of halogens is 1. The van der Waals surface area contributed by atoms with Gasteiger partial charge in [0.05, 0.1) is 0 Å². The smallest absolute Gasteiger partial charge is 0.0480 e. The molecule has 1 rings (SSSR count). The number of benzene rings is 1. The summed E-state index contributed by atoms with van der Waals surface area (Å²) in [6.07, 6.45) is 0.931. The minimum absolute atomic E-state index is 0.781. The molecule has 0 fully saturated rings. The first-order valence-electron chi connectivity index (χ1n) is 4.33. The standard InChI is InChI=1S/C11H14ClN/c1-9(7-8-13-2)10-5-3-4-6-11(10)12/h3-6,13H,1,7-8H2,2H3. The largest absolute Gasteiger partial charge is 0.319 e. The fourth-order valence-corrected chi connectivity index (χ4v) is 1.43. The molecule has 0 aliphatic heterocycles. The van der Waals surface area contributed by atoms with Crippen LogP contribution >= 0.6 is 11.6 Å². The van der Waals surface area contributed by atoms with Crippen LogP contribution in [0.2, 0.25) is 5.02 Å². The lowest BCUT2D eigenvalue weighted by molar-refractivity contribution is 0.816. The molecule has 0 aliphatic rings. The summed E-state index contributed by atoms with van der Waals surface area (Å²) in [6.45, 7) is 4.93. The molecular weight excluding hydrogens is 182 g/mol. The molecule has 0 heterocycles. The van der Waals surface area contributed by atoms with Crippen molar-refractivity contribution in [3.05, 3.63) is 41.4 Å². The summed E-state index contributed by atoms with van der Waals surface area (Å²) in [4.78, 5) is 0. The first-order valence-corrected chi connectivity index (χ1v) is 4.70. The van der Waals surface area contributed by atoms with Gasteiger partial charge in [0.2, 0.25) is 0 Å². The summed E-state index contributed by atoms with van der Waals surface area (Å²) < 4.78 is 0. The van der Waals surface area contributed by atoms with Gasteiger partial charge in [0.25, 0.3) is 0 Å². The Kier molecular flexibility index (Phi) is 4.00. The van der Waals surface area contributed by atoms with E-state index in [9.17, 15) is 0 Å². The highest BCUT2D eigenvalue weighted by Crippen LogP contribution is 2.23. The van der Waals surface area contributed by atoms with E-state index < -0.39 is 0 Å². The van der Waals surface area contributed by atoms with E-state index in [-0.39, 0.29) is 0 Å².